The lowest BCUT2D eigenvalue weighted by Crippen LogP contribution is -2.04. The predicted molar refractivity (Wildman–Crippen MR) is 237 cm³/mol. The molecule has 0 N–H and O–H groups in total. The van der Waals surface area contributed by atoms with Crippen molar-refractivity contribution >= 4 is 65.3 Å². The minimum absolute atomic E-state index is 0.569. The number of aromatic nitrogens is 4. The predicted octanol–water partition coefficient (Wildman–Crippen LogP) is 13.8. The first kappa shape index (κ1) is 31.3. The van der Waals surface area contributed by atoms with E-state index in [0.717, 1.165) is 66.1 Å². The third-order valence-corrected chi connectivity index (χ3v) is 12.0. The van der Waals surface area contributed by atoms with Gasteiger partial charge in [-0.05, 0) is 74.1 Å². The van der Waals surface area contributed by atoms with Crippen LogP contribution in [0.25, 0.3) is 127 Å². The van der Waals surface area contributed by atoms with Gasteiger partial charge in [0, 0.05) is 38.2 Å². The van der Waals surface area contributed by atoms with Gasteiger partial charge in [-0.2, -0.15) is 0 Å². The summed E-state index contributed by atoms with van der Waals surface area (Å²) < 4.78 is 9.04. The van der Waals surface area contributed by atoms with Crippen LogP contribution < -0.4 is 0 Å². The van der Waals surface area contributed by atoms with Gasteiger partial charge in [-0.25, -0.2) is 15.0 Å². The molecular formula is C53H30N4O. The molecule has 0 aliphatic heterocycles. The van der Waals surface area contributed by atoms with Crippen molar-refractivity contribution in [3.63, 3.8) is 0 Å². The van der Waals surface area contributed by atoms with Gasteiger partial charge in [0.05, 0.1) is 16.7 Å². The molecule has 13 rings (SSSR count). The van der Waals surface area contributed by atoms with E-state index in [9.17, 15) is 0 Å². The third kappa shape index (κ3) is 4.38. The van der Waals surface area contributed by atoms with Crippen LogP contribution in [0, 0.1) is 0 Å². The molecule has 0 fully saturated rings. The lowest BCUT2D eigenvalue weighted by molar-refractivity contribution is 0.669. The van der Waals surface area contributed by atoms with Gasteiger partial charge in [0.1, 0.15) is 11.2 Å². The van der Waals surface area contributed by atoms with E-state index < -0.39 is 0 Å². The number of nitrogens with zero attached hydrogens (tertiary/aromatic N) is 4. The highest BCUT2D eigenvalue weighted by Crippen LogP contribution is 2.50. The van der Waals surface area contributed by atoms with E-state index in [1.807, 2.05) is 30.3 Å². The molecule has 5 nitrogen and oxygen atoms in total. The van der Waals surface area contributed by atoms with E-state index in [4.69, 9.17) is 19.4 Å². The number of hydrogen-bond acceptors (Lipinski definition) is 4. The molecular weight excluding hydrogens is 709 g/mol. The summed E-state index contributed by atoms with van der Waals surface area (Å²) in [4.78, 5) is 15.9. The first-order valence-corrected chi connectivity index (χ1v) is 19.6. The molecule has 1 aliphatic carbocycles. The molecule has 0 saturated carbocycles. The van der Waals surface area contributed by atoms with Crippen LogP contribution in [0.5, 0.6) is 0 Å². The maximum Gasteiger partial charge on any atom is 0.166 e. The number of rotatable bonds is 4. The van der Waals surface area contributed by atoms with Gasteiger partial charge in [0.2, 0.25) is 0 Å². The second-order valence-electron chi connectivity index (χ2n) is 15.1. The van der Waals surface area contributed by atoms with Crippen molar-refractivity contribution in [3.8, 4) is 62.1 Å². The fourth-order valence-electron chi connectivity index (χ4n) is 9.47. The Morgan fingerprint density at radius 1 is 0.345 bits per heavy atom. The lowest BCUT2D eigenvalue weighted by atomic mass is 9.93. The highest BCUT2D eigenvalue weighted by atomic mass is 16.3. The molecule has 0 spiro atoms. The second-order valence-corrected chi connectivity index (χ2v) is 15.1. The van der Waals surface area contributed by atoms with Crippen LogP contribution in [0.2, 0.25) is 0 Å². The monoisotopic (exact) mass is 738 g/mol. The standard InChI is InChI=1S/C53H30N4O/c1-2-14-33(15-3-1)51-54-52(40-24-10-16-31-13-4-5-18-34(31)40)56-53(55-51)42-30-47-41(37-21-8-9-26-46(37)58-47)29-45(42)57-43-25-12-23-39-36-20-7-6-19-35(36)38-22-11-17-32-27-28-44(57)50(48(32)38)49(39)43/h1-30H. The van der Waals surface area contributed by atoms with E-state index in [1.165, 1.54) is 43.8 Å². The summed E-state index contributed by atoms with van der Waals surface area (Å²) in [5.74, 6) is 1.79. The minimum atomic E-state index is 0.569. The van der Waals surface area contributed by atoms with Gasteiger partial charge in [-0.15, -0.1) is 0 Å². The fraction of sp³-hybridized carbons (Fsp3) is 0. The quantitative estimate of drug-likeness (QED) is 0.180. The summed E-state index contributed by atoms with van der Waals surface area (Å²) in [7, 11) is 0. The number of benzene rings is 9. The maximum absolute atomic E-state index is 6.61. The van der Waals surface area contributed by atoms with E-state index >= 15 is 0 Å². The van der Waals surface area contributed by atoms with Crippen LogP contribution in [0.4, 0.5) is 0 Å². The van der Waals surface area contributed by atoms with Crippen LogP contribution in [-0.2, 0) is 0 Å². The minimum Gasteiger partial charge on any atom is -0.456 e. The maximum atomic E-state index is 6.61. The van der Waals surface area contributed by atoms with Crippen LogP contribution >= 0.6 is 0 Å². The van der Waals surface area contributed by atoms with Gasteiger partial charge in [-0.1, -0.05) is 152 Å². The summed E-state index contributed by atoms with van der Waals surface area (Å²) in [6, 6.07) is 64.4. The second kappa shape index (κ2) is 11.8. The molecule has 0 amide bonds. The summed E-state index contributed by atoms with van der Waals surface area (Å²) >= 11 is 0. The molecule has 0 bridgehead atoms. The Labute approximate surface area is 332 Å². The Bertz CT molecular complexity index is 3690. The van der Waals surface area contributed by atoms with Crippen molar-refractivity contribution in [2.75, 3.05) is 0 Å². The van der Waals surface area contributed by atoms with Gasteiger partial charge in [0.25, 0.3) is 0 Å². The van der Waals surface area contributed by atoms with Crippen molar-refractivity contribution in [2.24, 2.45) is 0 Å². The summed E-state index contributed by atoms with van der Waals surface area (Å²) in [6.45, 7) is 0. The Morgan fingerprint density at radius 3 is 1.79 bits per heavy atom. The molecule has 0 saturated heterocycles. The first-order chi connectivity index (χ1) is 28.8. The van der Waals surface area contributed by atoms with E-state index in [2.05, 4.69) is 156 Å². The van der Waals surface area contributed by atoms with Crippen LogP contribution in [0.1, 0.15) is 0 Å². The van der Waals surface area contributed by atoms with Crippen molar-refractivity contribution < 1.29 is 4.42 Å². The molecule has 3 heterocycles. The Morgan fingerprint density at radius 2 is 0.948 bits per heavy atom. The fourth-order valence-corrected chi connectivity index (χ4v) is 9.47. The SMILES string of the molecule is c1ccc(-c2nc(-c3cc4oc5ccccc5c4cc3-n3c4cccc5c4c4c6c(cccc6ccc43)-c3ccccc3-5)nc(-c3cccc4ccccc34)n2)cc1. The summed E-state index contributed by atoms with van der Waals surface area (Å²) in [5.41, 5.74) is 12.5. The molecule has 58 heavy (non-hydrogen) atoms. The van der Waals surface area contributed by atoms with E-state index in [-0.39, 0.29) is 0 Å². The van der Waals surface area contributed by atoms with Gasteiger partial charge >= 0.3 is 0 Å². The van der Waals surface area contributed by atoms with Crippen molar-refractivity contribution in [2.45, 2.75) is 0 Å². The molecule has 12 aromatic rings. The van der Waals surface area contributed by atoms with Gasteiger partial charge in [-0.3, -0.25) is 0 Å². The van der Waals surface area contributed by atoms with Crippen LogP contribution in [0.3, 0.4) is 0 Å². The number of para-hydroxylation sites is 1. The van der Waals surface area contributed by atoms with E-state index in [1.54, 1.807) is 0 Å². The number of furan rings is 1. The average molecular weight is 739 g/mol. The molecule has 5 heteroatoms. The van der Waals surface area contributed by atoms with E-state index in [0.29, 0.717) is 17.5 Å². The molecule has 3 aromatic heterocycles. The third-order valence-electron chi connectivity index (χ3n) is 12.0. The van der Waals surface area contributed by atoms with Crippen molar-refractivity contribution in [1.29, 1.82) is 0 Å². The largest absolute Gasteiger partial charge is 0.456 e. The van der Waals surface area contributed by atoms with Crippen LogP contribution in [-0.4, -0.2) is 19.5 Å². The smallest absolute Gasteiger partial charge is 0.166 e. The highest BCUT2D eigenvalue weighted by Gasteiger charge is 2.27. The molecule has 0 radical (unpaired) electrons. The molecule has 0 unspecified atom stereocenters. The zero-order valence-electron chi connectivity index (χ0n) is 31.0. The first-order valence-electron chi connectivity index (χ1n) is 19.6. The average Bonchev–Trinajstić information content (AvgIpc) is 3.79. The van der Waals surface area contributed by atoms with Crippen LogP contribution in [0.15, 0.2) is 186 Å². The highest BCUT2D eigenvalue weighted by molar-refractivity contribution is 6.30. The van der Waals surface area contributed by atoms with Gasteiger partial charge in [0.15, 0.2) is 17.5 Å². The normalized spacial score (nSPS) is 12.1. The van der Waals surface area contributed by atoms with Crippen molar-refractivity contribution in [3.05, 3.63) is 182 Å². The molecule has 9 aromatic carbocycles. The Kier molecular flexibility index (Phi) is 6.38. The Hall–Kier alpha value is -7.89. The topological polar surface area (TPSA) is 56.7 Å². The molecule has 0 atom stereocenters. The zero-order chi connectivity index (χ0) is 37.9. The van der Waals surface area contributed by atoms with Crippen molar-refractivity contribution in [1.82, 2.24) is 19.5 Å². The number of fused-ring (bicyclic) bond motifs is 7. The summed E-state index contributed by atoms with van der Waals surface area (Å²) in [5, 5.41) is 9.28. The summed E-state index contributed by atoms with van der Waals surface area (Å²) in [6.07, 6.45) is 0. The lowest BCUT2D eigenvalue weighted by Gasteiger charge is -2.17. The zero-order valence-corrected chi connectivity index (χ0v) is 31.0. The Balaban J connectivity index is 1.19. The molecule has 1 aliphatic rings. The number of hydrogen-bond donors (Lipinski definition) is 0. The molecule has 268 valence electrons. The van der Waals surface area contributed by atoms with Gasteiger partial charge < -0.3 is 8.98 Å².